The molecule has 0 spiro atoms. The number of nitrogens with two attached hydrogens (primary N) is 2. The lowest BCUT2D eigenvalue weighted by Gasteiger charge is -2.16. The van der Waals surface area contributed by atoms with Crippen molar-refractivity contribution in [3.8, 4) is 0 Å². The fourth-order valence-corrected chi connectivity index (χ4v) is 5.17. The first kappa shape index (κ1) is 33.8. The van der Waals surface area contributed by atoms with Crippen LogP contribution >= 0.6 is 0 Å². The third-order valence-corrected chi connectivity index (χ3v) is 7.27. The van der Waals surface area contributed by atoms with Gasteiger partial charge in [0, 0.05) is 6.42 Å². The van der Waals surface area contributed by atoms with Crippen LogP contribution in [0.1, 0.15) is 19.6 Å². The molecule has 3 heterocycles. The smallest absolute Gasteiger partial charge is 0.394 e. The van der Waals surface area contributed by atoms with Crippen LogP contribution in [0.4, 0.5) is 5.82 Å². The Morgan fingerprint density at radius 2 is 1.74 bits per heavy atom. The number of anilines is 1. The summed E-state index contributed by atoms with van der Waals surface area (Å²) < 4.78 is 71.9. The number of hydrogen-bond donors (Lipinski definition) is 8. The van der Waals surface area contributed by atoms with E-state index in [2.05, 4.69) is 15.0 Å². The number of aliphatic hydroxyl groups is 2. The second-order valence-electron chi connectivity index (χ2n) is 7.51. The summed E-state index contributed by atoms with van der Waals surface area (Å²) in [6.07, 6.45) is -0.610. The zero-order valence-electron chi connectivity index (χ0n) is 19.6. The molecule has 2 aromatic rings. The Bertz CT molecular complexity index is 1230. The Morgan fingerprint density at radius 1 is 1.18 bits per heavy atom. The van der Waals surface area contributed by atoms with Gasteiger partial charge in [0.15, 0.2) is 17.7 Å². The van der Waals surface area contributed by atoms with Crippen LogP contribution in [0.25, 0.3) is 11.2 Å². The highest BCUT2D eigenvalue weighted by Crippen LogP contribution is 2.32. The van der Waals surface area contributed by atoms with E-state index in [4.69, 9.17) is 56.4 Å². The summed E-state index contributed by atoms with van der Waals surface area (Å²) in [5.74, 6) is 1.12. The molecule has 1 saturated heterocycles. The normalized spacial score (nSPS) is 23.1. The number of carbonyl (C=O) groups is 1. The van der Waals surface area contributed by atoms with Crippen molar-refractivity contribution in [3.05, 3.63) is 12.7 Å². The van der Waals surface area contributed by atoms with Crippen molar-refractivity contribution in [2.45, 2.75) is 43.9 Å². The lowest BCUT2D eigenvalue weighted by atomic mass is 10.1. The monoisotopic (exact) mass is 608 g/mol. The molecule has 0 bridgehead atoms. The van der Waals surface area contributed by atoms with Gasteiger partial charge < -0.3 is 36.1 Å². The van der Waals surface area contributed by atoms with Crippen molar-refractivity contribution in [2.24, 2.45) is 5.73 Å². The molecule has 1 aliphatic heterocycles. The van der Waals surface area contributed by atoms with Crippen molar-refractivity contribution < 1.29 is 59.9 Å². The predicted octanol–water partition coefficient (Wildman–Crippen LogP) is -3.18. The molecule has 2 aromatic heterocycles. The van der Waals surface area contributed by atoms with Crippen molar-refractivity contribution in [2.75, 3.05) is 23.0 Å². The third kappa shape index (κ3) is 11.6. The number of hydrogen-bond acceptors (Lipinski definition) is 14. The van der Waals surface area contributed by atoms with E-state index in [1.165, 1.54) is 17.2 Å². The summed E-state index contributed by atoms with van der Waals surface area (Å²) in [6.45, 7) is 1.99. The SMILES string of the molecule is CC[S+](CC[C@H](N)C(=O)O)C[C@H]1O[C@@H](n2cnc3c(N)ncnc32)[C@H](O)[C@@H]1O.O=S(=O)(O)O.O=S(=O)([O-])O. The summed E-state index contributed by atoms with van der Waals surface area (Å²) >= 11 is 0. The van der Waals surface area contributed by atoms with Gasteiger partial charge in [-0.3, -0.25) is 23.0 Å². The molecule has 1 aliphatic rings. The second-order valence-corrected chi connectivity index (χ2v) is 11.8. The lowest BCUT2D eigenvalue weighted by Crippen LogP contribution is -2.38. The highest BCUT2D eigenvalue weighted by atomic mass is 32.3. The third-order valence-electron chi connectivity index (χ3n) is 4.84. The van der Waals surface area contributed by atoms with Gasteiger partial charge in [0.05, 0.1) is 6.33 Å². The number of nitrogens with zero attached hydrogens (tertiary/aromatic N) is 4. The number of ether oxygens (including phenoxy) is 1. The molecule has 218 valence electrons. The Hall–Kier alpha value is -2.25. The van der Waals surface area contributed by atoms with Crippen LogP contribution in [0.2, 0.25) is 0 Å². The van der Waals surface area contributed by atoms with Gasteiger partial charge in [-0.1, -0.05) is 0 Å². The molecule has 22 heteroatoms. The summed E-state index contributed by atoms with van der Waals surface area (Å²) in [4.78, 5) is 23.1. The molecule has 19 nitrogen and oxygen atoms in total. The highest BCUT2D eigenvalue weighted by Gasteiger charge is 2.47. The van der Waals surface area contributed by atoms with E-state index >= 15 is 0 Å². The first-order valence-electron chi connectivity index (χ1n) is 10.3. The summed E-state index contributed by atoms with van der Waals surface area (Å²) in [5, 5.41) is 29.9. The van der Waals surface area contributed by atoms with Crippen LogP contribution in [-0.2, 0) is 41.2 Å². The molecule has 0 saturated carbocycles. The number of nitrogen functional groups attached to an aromatic ring is 1. The van der Waals surface area contributed by atoms with E-state index in [1.807, 2.05) is 6.92 Å². The van der Waals surface area contributed by atoms with Crippen LogP contribution in [0.5, 0.6) is 0 Å². The fraction of sp³-hybridized carbons (Fsp3) is 0.625. The Kier molecular flexibility index (Phi) is 12.6. The van der Waals surface area contributed by atoms with Crippen molar-refractivity contribution >= 4 is 54.6 Å². The Balaban J connectivity index is 0.000000616. The first-order valence-corrected chi connectivity index (χ1v) is 14.8. The maximum absolute atomic E-state index is 10.9. The quantitative estimate of drug-likeness (QED) is 0.0831. The molecule has 0 amide bonds. The minimum atomic E-state index is -4.92. The van der Waals surface area contributed by atoms with Gasteiger partial charge >= 0.3 is 16.4 Å². The molecule has 6 atom stereocenters. The molecule has 1 fully saturated rings. The maximum Gasteiger partial charge on any atom is 0.394 e. The topological polar surface area (TPSA) is 335 Å². The second kappa shape index (κ2) is 14.2. The number of rotatable bonds is 8. The van der Waals surface area contributed by atoms with E-state index in [0.29, 0.717) is 29.1 Å². The van der Waals surface area contributed by atoms with E-state index in [9.17, 15) is 15.0 Å². The van der Waals surface area contributed by atoms with Crippen molar-refractivity contribution in [3.63, 3.8) is 0 Å². The molecule has 38 heavy (non-hydrogen) atoms. The minimum absolute atomic E-state index is 0.196. The number of imidazole rings is 1. The summed E-state index contributed by atoms with van der Waals surface area (Å²) in [6, 6.07) is -0.906. The minimum Gasteiger partial charge on any atom is -0.726 e. The lowest BCUT2D eigenvalue weighted by molar-refractivity contribution is -0.138. The van der Waals surface area contributed by atoms with Crippen molar-refractivity contribution in [1.29, 1.82) is 0 Å². The molecule has 0 aliphatic carbocycles. The van der Waals surface area contributed by atoms with E-state index < -0.39 is 57.3 Å². The number of carboxylic acid groups (broad SMARTS) is 1. The molecular weight excluding hydrogens is 580 g/mol. The van der Waals surface area contributed by atoms with Crippen LogP contribution in [0, 0.1) is 0 Å². The van der Waals surface area contributed by atoms with Crippen LogP contribution in [0.3, 0.4) is 0 Å². The largest absolute Gasteiger partial charge is 0.726 e. The van der Waals surface area contributed by atoms with Crippen LogP contribution in [0.15, 0.2) is 12.7 Å². The van der Waals surface area contributed by atoms with E-state index in [0.717, 1.165) is 5.75 Å². The number of aliphatic carboxylic acids is 1. The summed E-state index contributed by atoms with van der Waals surface area (Å²) in [5.41, 5.74) is 12.2. The van der Waals surface area contributed by atoms with Gasteiger partial charge in [0.25, 0.3) is 0 Å². The predicted molar refractivity (Wildman–Crippen MR) is 130 cm³/mol. The van der Waals surface area contributed by atoms with Gasteiger partial charge in [-0.05, 0) is 17.8 Å². The average Bonchev–Trinajstić information content (AvgIpc) is 3.31. The zero-order chi connectivity index (χ0) is 29.4. The first-order chi connectivity index (χ1) is 17.3. The van der Waals surface area contributed by atoms with Crippen LogP contribution < -0.4 is 11.5 Å². The average molecular weight is 609 g/mol. The van der Waals surface area contributed by atoms with E-state index in [1.54, 1.807) is 0 Å². The Labute approximate surface area is 219 Å². The molecule has 3 rings (SSSR count). The molecule has 1 unspecified atom stereocenters. The standard InChI is InChI=1S/C16H24N6O5S.2H2O4S/c1-2-28(4-3-8(17)16(25)26)5-9-11(23)12(24)15(27-9)22-7-21-10-13(18)19-6-20-14(10)22;2*1-5(2,3)4/h6-9,11-12,15,23-24H,2-5,17H2,1H3,(H2-,18,19,20,25,26);2*(H2,1,2,3,4)/t8-,9+,11+,12+,15+,28?;;/m0../s1. The Morgan fingerprint density at radius 3 is 2.24 bits per heavy atom. The molecule has 0 aromatic carbocycles. The number of fused-ring (bicyclic) bond motifs is 1. The van der Waals surface area contributed by atoms with Gasteiger partial charge in [-0.25, -0.2) is 23.4 Å². The van der Waals surface area contributed by atoms with Crippen molar-refractivity contribution in [1.82, 2.24) is 19.5 Å². The molecule has 0 radical (unpaired) electrons. The maximum atomic E-state index is 10.9. The number of aromatic nitrogens is 4. The molecule has 10 N–H and O–H groups in total. The fourth-order valence-electron chi connectivity index (χ4n) is 3.15. The van der Waals surface area contributed by atoms with Gasteiger partial charge in [0.1, 0.15) is 53.5 Å². The van der Waals surface area contributed by atoms with Gasteiger partial charge in [0.2, 0.25) is 10.4 Å². The van der Waals surface area contributed by atoms with E-state index in [-0.39, 0.29) is 16.7 Å². The highest BCUT2D eigenvalue weighted by molar-refractivity contribution is 7.96. The van der Waals surface area contributed by atoms with Crippen LogP contribution in [-0.4, -0.2) is 117 Å². The zero-order valence-corrected chi connectivity index (χ0v) is 22.0. The number of aliphatic hydroxyl groups excluding tert-OH is 2. The molecular formula is C16H28N6O13S3. The number of carboxylic acids is 1. The van der Waals surface area contributed by atoms with Gasteiger partial charge in [-0.15, -0.1) is 0 Å². The summed E-state index contributed by atoms with van der Waals surface area (Å²) in [7, 11) is -9.78. The van der Waals surface area contributed by atoms with Gasteiger partial charge in [-0.2, -0.15) is 8.42 Å².